The second-order valence-electron chi connectivity index (χ2n) is 6.82. The molecule has 0 spiro atoms. The van der Waals surface area contributed by atoms with Gasteiger partial charge in [0.25, 0.3) is 0 Å². The molecule has 2 aliphatic rings. The quantitative estimate of drug-likeness (QED) is 0.798. The van der Waals surface area contributed by atoms with E-state index in [0.29, 0.717) is 17.7 Å². The molecule has 136 valence electrons. The average Bonchev–Trinajstić information content (AvgIpc) is 3.46. The molecule has 4 rings (SSSR count). The zero-order chi connectivity index (χ0) is 18.5. The molecule has 0 aliphatic heterocycles. The van der Waals surface area contributed by atoms with Crippen LogP contribution in [0.5, 0.6) is 0 Å². The Bertz CT molecular complexity index is 905. The van der Waals surface area contributed by atoms with Crippen LogP contribution in [-0.2, 0) is 0 Å². The molecule has 1 fully saturated rings. The number of nitrogens with one attached hydrogen (secondary N) is 1. The molecule has 2 aromatic rings. The minimum Gasteiger partial charge on any atom is -0.343 e. The normalized spacial score (nSPS) is 19.4. The van der Waals surface area contributed by atoms with Crippen LogP contribution in [0, 0.1) is 17.8 Å². The Morgan fingerprint density at radius 3 is 2.81 bits per heavy atom. The van der Waals surface area contributed by atoms with Crippen LogP contribution in [0.3, 0.4) is 0 Å². The Morgan fingerprint density at radius 1 is 1.15 bits per heavy atom. The van der Waals surface area contributed by atoms with Gasteiger partial charge in [0.2, 0.25) is 11.9 Å². The second-order valence-corrected chi connectivity index (χ2v) is 6.82. The van der Waals surface area contributed by atoms with Gasteiger partial charge in [-0.1, -0.05) is 36.1 Å². The number of hydrogen-bond donors (Lipinski definition) is 1. The number of allylic oxidation sites excluding steroid dienone is 4. The molecule has 27 heavy (non-hydrogen) atoms. The highest BCUT2D eigenvalue weighted by Gasteiger charge is 2.25. The van der Waals surface area contributed by atoms with E-state index in [-0.39, 0.29) is 5.92 Å². The number of rotatable bonds is 6. The van der Waals surface area contributed by atoms with Gasteiger partial charge < -0.3 is 10.2 Å². The van der Waals surface area contributed by atoms with Crippen molar-refractivity contribution in [2.24, 2.45) is 5.92 Å². The third-order valence-electron chi connectivity index (χ3n) is 4.45. The van der Waals surface area contributed by atoms with Crippen LogP contribution in [0.4, 0.5) is 17.6 Å². The van der Waals surface area contributed by atoms with E-state index in [9.17, 15) is 0 Å². The summed E-state index contributed by atoms with van der Waals surface area (Å²) in [4.78, 5) is 20.2. The standard InChI is InChI=1S/C21H22N6/c1-27(15-16-9-10-16)21-25-19(17-7-5-3-2-4-6-8-17)24-20(26-21)23-18-11-13-22-14-12-18/h2-3,5,7,11-14,16-17H,4,9-10,15H2,1H3,(H,22,23,24,25,26)/b3-2-,7-5?. The summed E-state index contributed by atoms with van der Waals surface area (Å²) >= 11 is 0. The summed E-state index contributed by atoms with van der Waals surface area (Å²) in [5.74, 6) is 8.88. The highest BCUT2D eigenvalue weighted by molar-refractivity contribution is 5.53. The van der Waals surface area contributed by atoms with E-state index < -0.39 is 0 Å². The van der Waals surface area contributed by atoms with Crippen molar-refractivity contribution in [2.45, 2.75) is 25.2 Å². The number of hydrogen-bond acceptors (Lipinski definition) is 6. The summed E-state index contributed by atoms with van der Waals surface area (Å²) in [6.07, 6.45) is 14.9. The van der Waals surface area contributed by atoms with E-state index in [2.05, 4.69) is 37.0 Å². The fourth-order valence-corrected chi connectivity index (χ4v) is 2.83. The summed E-state index contributed by atoms with van der Waals surface area (Å²) in [6.45, 7) is 0.965. The van der Waals surface area contributed by atoms with Crippen molar-refractivity contribution in [1.29, 1.82) is 0 Å². The van der Waals surface area contributed by atoms with Gasteiger partial charge in [-0.15, -0.1) is 0 Å². The van der Waals surface area contributed by atoms with Gasteiger partial charge in [-0.2, -0.15) is 15.0 Å². The summed E-state index contributed by atoms with van der Waals surface area (Å²) in [5.41, 5.74) is 0.889. The summed E-state index contributed by atoms with van der Waals surface area (Å²) in [7, 11) is 2.04. The average molecular weight is 358 g/mol. The molecule has 1 atom stereocenters. The smallest absolute Gasteiger partial charge is 0.232 e. The number of pyridine rings is 1. The summed E-state index contributed by atoms with van der Waals surface area (Å²) < 4.78 is 0. The molecular weight excluding hydrogens is 336 g/mol. The molecule has 1 unspecified atom stereocenters. The van der Waals surface area contributed by atoms with E-state index in [1.165, 1.54) is 12.8 Å². The van der Waals surface area contributed by atoms with Crippen molar-refractivity contribution in [3.63, 3.8) is 0 Å². The lowest BCUT2D eigenvalue weighted by atomic mass is 10.1. The molecule has 0 radical (unpaired) electrons. The molecule has 0 amide bonds. The van der Waals surface area contributed by atoms with Gasteiger partial charge >= 0.3 is 0 Å². The zero-order valence-corrected chi connectivity index (χ0v) is 15.3. The van der Waals surface area contributed by atoms with Gasteiger partial charge in [-0.05, 0) is 30.9 Å². The molecule has 6 nitrogen and oxygen atoms in total. The van der Waals surface area contributed by atoms with Gasteiger partial charge in [0, 0.05) is 38.1 Å². The van der Waals surface area contributed by atoms with Gasteiger partial charge in [0.05, 0.1) is 5.92 Å². The Kier molecular flexibility index (Phi) is 5.10. The van der Waals surface area contributed by atoms with Crippen molar-refractivity contribution in [1.82, 2.24) is 19.9 Å². The minimum atomic E-state index is -0.149. The largest absolute Gasteiger partial charge is 0.343 e. The number of nitrogens with zero attached hydrogens (tertiary/aromatic N) is 5. The monoisotopic (exact) mass is 358 g/mol. The maximum atomic E-state index is 4.73. The topological polar surface area (TPSA) is 66.8 Å². The molecular formula is C21H22N6. The summed E-state index contributed by atoms with van der Waals surface area (Å²) in [6, 6.07) is 3.77. The van der Waals surface area contributed by atoms with Gasteiger partial charge in [0.15, 0.2) is 5.82 Å². The van der Waals surface area contributed by atoms with Crippen LogP contribution in [0.2, 0.25) is 0 Å². The lowest BCUT2D eigenvalue weighted by Gasteiger charge is -2.19. The van der Waals surface area contributed by atoms with Crippen molar-refractivity contribution in [3.8, 4) is 11.8 Å². The predicted octanol–water partition coefficient (Wildman–Crippen LogP) is 3.46. The highest BCUT2D eigenvalue weighted by Crippen LogP contribution is 2.30. The lowest BCUT2D eigenvalue weighted by molar-refractivity contribution is 0.750. The predicted molar refractivity (Wildman–Crippen MR) is 107 cm³/mol. The number of aromatic nitrogens is 4. The molecule has 1 saturated carbocycles. The number of anilines is 3. The van der Waals surface area contributed by atoms with Gasteiger partial charge in [-0.25, -0.2) is 0 Å². The molecule has 1 N–H and O–H groups in total. The molecule has 2 heterocycles. The van der Waals surface area contributed by atoms with E-state index in [0.717, 1.165) is 24.6 Å². The molecule has 0 saturated heterocycles. The Hall–Kier alpha value is -3.20. The minimum absolute atomic E-state index is 0.149. The molecule has 2 aliphatic carbocycles. The fourth-order valence-electron chi connectivity index (χ4n) is 2.83. The summed E-state index contributed by atoms with van der Waals surface area (Å²) in [5, 5.41) is 3.26. The Balaban J connectivity index is 1.67. The van der Waals surface area contributed by atoms with Crippen molar-refractivity contribution in [2.75, 3.05) is 23.8 Å². The van der Waals surface area contributed by atoms with E-state index in [1.54, 1.807) is 12.4 Å². The van der Waals surface area contributed by atoms with Gasteiger partial charge in [0.1, 0.15) is 0 Å². The maximum Gasteiger partial charge on any atom is 0.232 e. The van der Waals surface area contributed by atoms with Crippen LogP contribution < -0.4 is 10.2 Å². The zero-order valence-electron chi connectivity index (χ0n) is 15.3. The van der Waals surface area contributed by atoms with Crippen LogP contribution in [0.1, 0.15) is 31.0 Å². The van der Waals surface area contributed by atoms with Gasteiger partial charge in [-0.3, -0.25) is 4.98 Å². The molecule has 2 aromatic heterocycles. The first kappa shape index (κ1) is 17.2. The van der Waals surface area contributed by atoms with Crippen molar-refractivity contribution < 1.29 is 0 Å². The van der Waals surface area contributed by atoms with Crippen LogP contribution in [0.25, 0.3) is 0 Å². The lowest BCUT2D eigenvalue weighted by Crippen LogP contribution is -2.24. The Labute approximate surface area is 159 Å². The fraction of sp³-hybridized carbons (Fsp3) is 0.333. The van der Waals surface area contributed by atoms with Crippen LogP contribution in [-0.4, -0.2) is 33.5 Å². The molecule has 0 bridgehead atoms. The van der Waals surface area contributed by atoms with E-state index >= 15 is 0 Å². The Morgan fingerprint density at radius 2 is 2.00 bits per heavy atom. The first-order chi connectivity index (χ1) is 13.3. The first-order valence-corrected chi connectivity index (χ1v) is 9.24. The molecule has 6 heteroatoms. The van der Waals surface area contributed by atoms with Crippen molar-refractivity contribution in [3.05, 3.63) is 54.7 Å². The third kappa shape index (κ3) is 4.70. The third-order valence-corrected chi connectivity index (χ3v) is 4.45. The van der Waals surface area contributed by atoms with Crippen LogP contribution in [0.15, 0.2) is 48.8 Å². The van der Waals surface area contributed by atoms with E-state index in [1.807, 2.05) is 43.5 Å². The SMILES string of the molecule is CN(CC1CC1)c1nc(Nc2ccncc2)nc(C2C#CC/C=C\C=C2)n1. The van der Waals surface area contributed by atoms with Crippen LogP contribution >= 0.6 is 0 Å². The van der Waals surface area contributed by atoms with E-state index in [4.69, 9.17) is 4.98 Å². The molecule has 0 aromatic carbocycles. The highest BCUT2D eigenvalue weighted by atomic mass is 15.3. The van der Waals surface area contributed by atoms with Crippen molar-refractivity contribution >= 4 is 17.6 Å². The first-order valence-electron chi connectivity index (χ1n) is 9.24. The maximum absolute atomic E-state index is 4.73. The second kappa shape index (κ2) is 8.00.